The summed E-state index contributed by atoms with van der Waals surface area (Å²) in [6.07, 6.45) is 0.950. The highest BCUT2D eigenvalue weighted by Crippen LogP contribution is 2.15. The lowest BCUT2D eigenvalue weighted by Crippen LogP contribution is -2.02. The van der Waals surface area contributed by atoms with Crippen LogP contribution in [0.3, 0.4) is 0 Å². The van der Waals surface area contributed by atoms with Gasteiger partial charge in [-0.2, -0.15) is 0 Å². The number of rotatable bonds is 4. The maximum absolute atomic E-state index is 5.30. The van der Waals surface area contributed by atoms with Crippen LogP contribution in [0.5, 0.6) is 5.75 Å². The van der Waals surface area contributed by atoms with Gasteiger partial charge in [0.15, 0.2) is 6.79 Å². The third-order valence-corrected chi connectivity index (χ3v) is 1.79. The Labute approximate surface area is 78.7 Å². The van der Waals surface area contributed by atoms with Crippen LogP contribution < -0.4 is 4.74 Å². The molecule has 1 rings (SSSR count). The molecule has 1 heterocycles. The van der Waals surface area contributed by atoms with Crippen LogP contribution in [0.2, 0.25) is 0 Å². The van der Waals surface area contributed by atoms with E-state index in [0.717, 1.165) is 23.6 Å². The average molecular weight is 181 g/mol. The molecule has 0 amide bonds. The molecule has 72 valence electrons. The SMILES string of the molecule is CCc1ccc(OCOC)c(C)n1. The Morgan fingerprint density at radius 3 is 2.69 bits per heavy atom. The topological polar surface area (TPSA) is 31.4 Å². The van der Waals surface area contributed by atoms with Gasteiger partial charge in [0.05, 0.1) is 5.69 Å². The molecule has 0 radical (unpaired) electrons. The highest BCUT2D eigenvalue weighted by Gasteiger charge is 2.00. The van der Waals surface area contributed by atoms with E-state index in [1.54, 1.807) is 7.11 Å². The second-order valence-electron chi connectivity index (χ2n) is 2.79. The van der Waals surface area contributed by atoms with Gasteiger partial charge in [-0.3, -0.25) is 4.98 Å². The van der Waals surface area contributed by atoms with Crippen molar-refractivity contribution in [2.75, 3.05) is 13.9 Å². The van der Waals surface area contributed by atoms with E-state index in [1.165, 1.54) is 0 Å². The van der Waals surface area contributed by atoms with Crippen LogP contribution in [0.15, 0.2) is 12.1 Å². The first-order chi connectivity index (χ1) is 6.27. The van der Waals surface area contributed by atoms with Gasteiger partial charge in [0.1, 0.15) is 5.75 Å². The Kier molecular flexibility index (Phi) is 3.71. The summed E-state index contributed by atoms with van der Waals surface area (Å²) in [4.78, 5) is 4.36. The third kappa shape index (κ3) is 2.70. The van der Waals surface area contributed by atoms with Crippen molar-refractivity contribution in [3.8, 4) is 5.75 Å². The quantitative estimate of drug-likeness (QED) is 0.665. The van der Waals surface area contributed by atoms with Crippen molar-refractivity contribution in [1.82, 2.24) is 4.98 Å². The molecule has 1 aromatic heterocycles. The molecule has 0 saturated carbocycles. The van der Waals surface area contributed by atoms with Gasteiger partial charge in [0.2, 0.25) is 0 Å². The first-order valence-electron chi connectivity index (χ1n) is 4.36. The predicted molar refractivity (Wildman–Crippen MR) is 50.9 cm³/mol. The van der Waals surface area contributed by atoms with Gasteiger partial charge in [0.25, 0.3) is 0 Å². The summed E-state index contributed by atoms with van der Waals surface area (Å²) in [6, 6.07) is 3.90. The maximum atomic E-state index is 5.30. The van der Waals surface area contributed by atoms with Gasteiger partial charge in [0, 0.05) is 12.8 Å². The molecule has 0 N–H and O–H groups in total. The molecule has 0 fully saturated rings. The van der Waals surface area contributed by atoms with E-state index in [4.69, 9.17) is 9.47 Å². The molecular weight excluding hydrogens is 166 g/mol. The third-order valence-electron chi connectivity index (χ3n) is 1.79. The lowest BCUT2D eigenvalue weighted by atomic mass is 10.2. The van der Waals surface area contributed by atoms with Gasteiger partial charge >= 0.3 is 0 Å². The molecule has 3 nitrogen and oxygen atoms in total. The number of aryl methyl sites for hydroxylation is 2. The van der Waals surface area contributed by atoms with Crippen molar-refractivity contribution in [3.63, 3.8) is 0 Å². The smallest absolute Gasteiger partial charge is 0.188 e. The Balaban J connectivity index is 2.73. The first kappa shape index (κ1) is 9.99. The molecular formula is C10H15NO2. The van der Waals surface area contributed by atoms with Crippen LogP contribution in [-0.4, -0.2) is 18.9 Å². The van der Waals surface area contributed by atoms with Crippen molar-refractivity contribution in [2.24, 2.45) is 0 Å². The zero-order valence-electron chi connectivity index (χ0n) is 8.33. The number of hydrogen-bond donors (Lipinski definition) is 0. The molecule has 0 aromatic carbocycles. The van der Waals surface area contributed by atoms with E-state index < -0.39 is 0 Å². The van der Waals surface area contributed by atoms with Gasteiger partial charge in [-0.05, 0) is 25.5 Å². The lowest BCUT2D eigenvalue weighted by molar-refractivity contribution is 0.0503. The van der Waals surface area contributed by atoms with Gasteiger partial charge in [-0.1, -0.05) is 6.92 Å². The van der Waals surface area contributed by atoms with Crippen LogP contribution >= 0.6 is 0 Å². The molecule has 1 aromatic rings. The zero-order chi connectivity index (χ0) is 9.68. The summed E-state index contributed by atoms with van der Waals surface area (Å²) < 4.78 is 10.1. The Hall–Kier alpha value is -1.09. The highest BCUT2D eigenvalue weighted by molar-refractivity contribution is 5.28. The van der Waals surface area contributed by atoms with E-state index in [0.29, 0.717) is 0 Å². The monoisotopic (exact) mass is 181 g/mol. The average Bonchev–Trinajstić information content (AvgIpc) is 2.16. The summed E-state index contributed by atoms with van der Waals surface area (Å²) in [5, 5.41) is 0. The van der Waals surface area contributed by atoms with E-state index in [1.807, 2.05) is 19.1 Å². The minimum Gasteiger partial charge on any atom is -0.466 e. The number of aromatic nitrogens is 1. The predicted octanol–water partition coefficient (Wildman–Crippen LogP) is 1.94. The molecule has 3 heteroatoms. The molecule has 0 atom stereocenters. The van der Waals surface area contributed by atoms with E-state index in [-0.39, 0.29) is 6.79 Å². The largest absolute Gasteiger partial charge is 0.466 e. The minimum absolute atomic E-state index is 0.272. The summed E-state index contributed by atoms with van der Waals surface area (Å²) in [5.41, 5.74) is 2.00. The molecule has 0 spiro atoms. The normalized spacial score (nSPS) is 10.1. The Morgan fingerprint density at radius 2 is 2.15 bits per heavy atom. The van der Waals surface area contributed by atoms with Crippen LogP contribution in [0, 0.1) is 6.92 Å². The van der Waals surface area contributed by atoms with Crippen molar-refractivity contribution in [3.05, 3.63) is 23.5 Å². The van der Waals surface area contributed by atoms with Gasteiger partial charge in [-0.15, -0.1) is 0 Å². The second kappa shape index (κ2) is 4.82. The Bertz CT molecular complexity index is 274. The van der Waals surface area contributed by atoms with Crippen LogP contribution in [-0.2, 0) is 11.2 Å². The first-order valence-corrected chi connectivity index (χ1v) is 4.36. The second-order valence-corrected chi connectivity index (χ2v) is 2.79. The number of hydrogen-bond acceptors (Lipinski definition) is 3. The van der Waals surface area contributed by atoms with Gasteiger partial charge in [-0.25, -0.2) is 0 Å². The van der Waals surface area contributed by atoms with Crippen molar-refractivity contribution >= 4 is 0 Å². The number of pyridine rings is 1. The summed E-state index contributed by atoms with van der Waals surface area (Å²) in [6.45, 7) is 4.29. The van der Waals surface area contributed by atoms with E-state index in [2.05, 4.69) is 11.9 Å². The highest BCUT2D eigenvalue weighted by atomic mass is 16.7. The summed E-state index contributed by atoms with van der Waals surface area (Å²) in [7, 11) is 1.60. The molecule has 0 aliphatic carbocycles. The minimum atomic E-state index is 0.272. The molecule has 0 aliphatic rings. The van der Waals surface area contributed by atoms with Crippen molar-refractivity contribution in [2.45, 2.75) is 20.3 Å². The molecule has 0 saturated heterocycles. The fraction of sp³-hybridized carbons (Fsp3) is 0.500. The zero-order valence-corrected chi connectivity index (χ0v) is 8.33. The Morgan fingerprint density at radius 1 is 1.38 bits per heavy atom. The van der Waals surface area contributed by atoms with Crippen molar-refractivity contribution in [1.29, 1.82) is 0 Å². The fourth-order valence-corrected chi connectivity index (χ4v) is 1.07. The number of methoxy groups -OCH3 is 1. The molecule has 13 heavy (non-hydrogen) atoms. The molecule has 0 aliphatic heterocycles. The fourth-order valence-electron chi connectivity index (χ4n) is 1.07. The summed E-state index contributed by atoms with van der Waals surface area (Å²) in [5.74, 6) is 0.791. The molecule has 0 unspecified atom stereocenters. The lowest BCUT2D eigenvalue weighted by Gasteiger charge is -2.07. The maximum Gasteiger partial charge on any atom is 0.188 e. The van der Waals surface area contributed by atoms with Crippen LogP contribution in [0.25, 0.3) is 0 Å². The summed E-state index contributed by atoms with van der Waals surface area (Å²) >= 11 is 0. The van der Waals surface area contributed by atoms with E-state index >= 15 is 0 Å². The number of ether oxygens (including phenoxy) is 2. The molecule has 0 bridgehead atoms. The number of nitrogens with zero attached hydrogens (tertiary/aromatic N) is 1. The van der Waals surface area contributed by atoms with Crippen LogP contribution in [0.1, 0.15) is 18.3 Å². The van der Waals surface area contributed by atoms with Crippen molar-refractivity contribution < 1.29 is 9.47 Å². The van der Waals surface area contributed by atoms with Crippen LogP contribution in [0.4, 0.5) is 0 Å². The van der Waals surface area contributed by atoms with Gasteiger partial charge < -0.3 is 9.47 Å². The van der Waals surface area contributed by atoms with E-state index in [9.17, 15) is 0 Å². The standard InChI is InChI=1S/C10H15NO2/c1-4-9-5-6-10(8(2)11-9)13-7-12-3/h5-6H,4,7H2,1-3H3.